The average molecular weight is 306 g/mol. The first-order chi connectivity index (χ1) is 8.91. The third kappa shape index (κ3) is 6.42. The van der Waals surface area contributed by atoms with Gasteiger partial charge in [0.15, 0.2) is 0 Å². The second-order valence-electron chi connectivity index (χ2n) is 6.29. The van der Waals surface area contributed by atoms with Crippen LogP contribution in [0.25, 0.3) is 0 Å². The smallest absolute Gasteiger partial charge is 0.223 e. The molecule has 0 unspecified atom stereocenters. The van der Waals surface area contributed by atoms with E-state index in [1.54, 1.807) is 0 Å². The molecule has 4 nitrogen and oxygen atoms in total. The summed E-state index contributed by atoms with van der Waals surface area (Å²) in [4.78, 5) is 14.5. The quantitative estimate of drug-likeness (QED) is 0.789. The molecule has 1 aliphatic rings. The van der Waals surface area contributed by atoms with E-state index in [-0.39, 0.29) is 24.2 Å². The SMILES string of the molecule is CC(C)N(CCNC(=O)[C@H]1CCN[C@@H](C)C1)C(C)C.Cl. The van der Waals surface area contributed by atoms with Crippen LogP contribution in [0.1, 0.15) is 47.5 Å². The van der Waals surface area contributed by atoms with Gasteiger partial charge in [0, 0.05) is 37.1 Å². The van der Waals surface area contributed by atoms with E-state index in [9.17, 15) is 4.79 Å². The van der Waals surface area contributed by atoms with Crippen LogP contribution in [0.2, 0.25) is 0 Å². The van der Waals surface area contributed by atoms with E-state index in [0.29, 0.717) is 18.1 Å². The summed E-state index contributed by atoms with van der Waals surface area (Å²) < 4.78 is 0. The first kappa shape index (κ1) is 19.7. The van der Waals surface area contributed by atoms with Crippen LogP contribution in [0.3, 0.4) is 0 Å². The van der Waals surface area contributed by atoms with E-state index in [4.69, 9.17) is 0 Å². The lowest BCUT2D eigenvalue weighted by molar-refractivity contribution is -0.126. The molecule has 0 spiro atoms. The molecular formula is C15H32ClN3O. The van der Waals surface area contributed by atoms with E-state index >= 15 is 0 Å². The molecule has 1 fully saturated rings. The molecule has 2 N–H and O–H groups in total. The Labute approximate surface area is 130 Å². The number of nitrogens with one attached hydrogen (secondary N) is 2. The maximum Gasteiger partial charge on any atom is 0.223 e. The average Bonchev–Trinajstić information content (AvgIpc) is 2.33. The van der Waals surface area contributed by atoms with Crippen molar-refractivity contribution in [3.63, 3.8) is 0 Å². The van der Waals surface area contributed by atoms with Gasteiger partial charge in [0.05, 0.1) is 0 Å². The Kier molecular flexibility index (Phi) is 9.43. The monoisotopic (exact) mass is 305 g/mol. The number of nitrogens with zero attached hydrogens (tertiary/aromatic N) is 1. The molecule has 0 saturated carbocycles. The highest BCUT2D eigenvalue weighted by Crippen LogP contribution is 2.15. The van der Waals surface area contributed by atoms with Gasteiger partial charge in [-0.25, -0.2) is 0 Å². The van der Waals surface area contributed by atoms with Crippen LogP contribution >= 0.6 is 12.4 Å². The maximum absolute atomic E-state index is 12.1. The van der Waals surface area contributed by atoms with Crippen molar-refractivity contribution in [2.45, 2.75) is 65.6 Å². The van der Waals surface area contributed by atoms with Crippen molar-refractivity contribution < 1.29 is 4.79 Å². The zero-order valence-corrected chi connectivity index (χ0v) is 14.4. The molecule has 0 aliphatic carbocycles. The first-order valence-electron chi connectivity index (χ1n) is 7.68. The van der Waals surface area contributed by atoms with E-state index < -0.39 is 0 Å². The van der Waals surface area contributed by atoms with Crippen molar-refractivity contribution >= 4 is 18.3 Å². The fraction of sp³-hybridized carbons (Fsp3) is 0.933. The Morgan fingerprint density at radius 3 is 2.40 bits per heavy atom. The predicted molar refractivity (Wildman–Crippen MR) is 87.4 cm³/mol. The van der Waals surface area contributed by atoms with Crippen LogP contribution in [0.15, 0.2) is 0 Å². The molecule has 5 heteroatoms. The van der Waals surface area contributed by atoms with Crippen molar-refractivity contribution in [3.8, 4) is 0 Å². The van der Waals surface area contributed by atoms with E-state index in [0.717, 1.165) is 32.5 Å². The number of carbonyl (C=O) groups is 1. The molecule has 1 rings (SSSR count). The Morgan fingerprint density at radius 2 is 1.90 bits per heavy atom. The highest BCUT2D eigenvalue weighted by molar-refractivity contribution is 5.85. The lowest BCUT2D eigenvalue weighted by Crippen LogP contribution is -2.46. The lowest BCUT2D eigenvalue weighted by Gasteiger charge is -2.31. The van der Waals surface area contributed by atoms with E-state index in [2.05, 4.69) is 50.2 Å². The van der Waals surface area contributed by atoms with Gasteiger partial charge in [-0.2, -0.15) is 0 Å². The molecule has 1 amide bonds. The lowest BCUT2D eigenvalue weighted by atomic mass is 9.92. The predicted octanol–water partition coefficient (Wildman–Crippen LogP) is 2.03. The zero-order chi connectivity index (χ0) is 14.4. The Balaban J connectivity index is 0.00000361. The molecule has 1 heterocycles. The minimum atomic E-state index is 0. The number of rotatable bonds is 6. The van der Waals surface area contributed by atoms with Gasteiger partial charge >= 0.3 is 0 Å². The maximum atomic E-state index is 12.1. The normalized spacial score (nSPS) is 23.0. The Bertz CT molecular complexity index is 276. The van der Waals surface area contributed by atoms with Crippen molar-refractivity contribution in [1.82, 2.24) is 15.5 Å². The van der Waals surface area contributed by atoms with Gasteiger partial charge in [0.25, 0.3) is 0 Å². The van der Waals surface area contributed by atoms with Crippen LogP contribution in [0, 0.1) is 5.92 Å². The molecule has 0 aromatic carbocycles. The molecule has 1 aliphatic heterocycles. The van der Waals surface area contributed by atoms with Gasteiger partial charge < -0.3 is 10.6 Å². The zero-order valence-electron chi connectivity index (χ0n) is 13.6. The Morgan fingerprint density at radius 1 is 1.30 bits per heavy atom. The number of amides is 1. The minimum absolute atomic E-state index is 0. The van der Waals surface area contributed by atoms with Gasteiger partial charge in [-0.1, -0.05) is 0 Å². The van der Waals surface area contributed by atoms with Gasteiger partial charge in [-0.05, 0) is 54.0 Å². The highest BCUT2D eigenvalue weighted by Gasteiger charge is 2.24. The molecule has 120 valence electrons. The number of hydrogen-bond donors (Lipinski definition) is 2. The van der Waals surface area contributed by atoms with Gasteiger partial charge in [0.2, 0.25) is 5.91 Å². The van der Waals surface area contributed by atoms with Crippen LogP contribution in [0.4, 0.5) is 0 Å². The molecular weight excluding hydrogens is 274 g/mol. The topological polar surface area (TPSA) is 44.4 Å². The third-order valence-corrected chi connectivity index (χ3v) is 3.99. The van der Waals surface area contributed by atoms with E-state index in [1.807, 2.05) is 0 Å². The highest BCUT2D eigenvalue weighted by atomic mass is 35.5. The van der Waals surface area contributed by atoms with Crippen LogP contribution in [-0.2, 0) is 4.79 Å². The third-order valence-electron chi connectivity index (χ3n) is 3.99. The molecule has 2 atom stereocenters. The summed E-state index contributed by atoms with van der Waals surface area (Å²) in [5.74, 6) is 0.434. The van der Waals surface area contributed by atoms with Gasteiger partial charge in [-0.3, -0.25) is 9.69 Å². The van der Waals surface area contributed by atoms with Crippen LogP contribution in [0.5, 0.6) is 0 Å². The molecule has 0 radical (unpaired) electrons. The van der Waals surface area contributed by atoms with Crippen molar-refractivity contribution in [2.24, 2.45) is 5.92 Å². The second-order valence-corrected chi connectivity index (χ2v) is 6.29. The van der Waals surface area contributed by atoms with Gasteiger partial charge in [-0.15, -0.1) is 12.4 Å². The van der Waals surface area contributed by atoms with Crippen LogP contribution < -0.4 is 10.6 Å². The number of piperidine rings is 1. The number of carbonyl (C=O) groups excluding carboxylic acids is 1. The summed E-state index contributed by atoms with van der Waals surface area (Å²) in [7, 11) is 0. The second kappa shape index (κ2) is 9.59. The molecule has 20 heavy (non-hydrogen) atoms. The molecule has 1 saturated heterocycles. The van der Waals surface area contributed by atoms with Crippen molar-refractivity contribution in [3.05, 3.63) is 0 Å². The van der Waals surface area contributed by atoms with Crippen LogP contribution in [-0.4, -0.2) is 48.6 Å². The summed E-state index contributed by atoms with van der Waals surface area (Å²) in [6.45, 7) is 13.6. The van der Waals surface area contributed by atoms with Gasteiger partial charge in [0.1, 0.15) is 0 Å². The first-order valence-corrected chi connectivity index (χ1v) is 7.68. The summed E-state index contributed by atoms with van der Waals surface area (Å²) >= 11 is 0. The number of halogens is 1. The summed E-state index contributed by atoms with van der Waals surface area (Å²) in [6, 6.07) is 1.51. The fourth-order valence-electron chi connectivity index (χ4n) is 2.94. The standard InChI is InChI=1S/C15H31N3O.ClH/c1-11(2)18(12(3)4)9-8-17-15(19)14-6-7-16-13(5)10-14;/h11-14,16H,6-10H2,1-5H3,(H,17,19);1H/t13-,14-;/m0./s1. The summed E-state index contributed by atoms with van der Waals surface area (Å²) in [5, 5.41) is 6.49. The fourth-order valence-corrected chi connectivity index (χ4v) is 2.94. The van der Waals surface area contributed by atoms with Crippen molar-refractivity contribution in [2.75, 3.05) is 19.6 Å². The molecule has 0 aromatic rings. The number of hydrogen-bond acceptors (Lipinski definition) is 3. The largest absolute Gasteiger partial charge is 0.355 e. The minimum Gasteiger partial charge on any atom is -0.355 e. The van der Waals surface area contributed by atoms with E-state index in [1.165, 1.54) is 0 Å². The Hall–Kier alpha value is -0.320. The molecule has 0 aromatic heterocycles. The summed E-state index contributed by atoms with van der Waals surface area (Å²) in [6.07, 6.45) is 1.93. The summed E-state index contributed by atoms with van der Waals surface area (Å²) in [5.41, 5.74) is 0. The molecule has 0 bridgehead atoms. The van der Waals surface area contributed by atoms with Crippen molar-refractivity contribution in [1.29, 1.82) is 0 Å².